The molecule has 0 nitrogen and oxygen atoms in total. The Morgan fingerprint density at radius 3 is 2.56 bits per heavy atom. The summed E-state index contributed by atoms with van der Waals surface area (Å²) >= 11 is 5.70. The van der Waals surface area contributed by atoms with Gasteiger partial charge < -0.3 is 0 Å². The van der Waals surface area contributed by atoms with E-state index in [0.29, 0.717) is 16.7 Å². The molecule has 4 unspecified atom stereocenters. The van der Waals surface area contributed by atoms with Crippen molar-refractivity contribution in [2.24, 2.45) is 17.8 Å². The molecule has 0 spiro atoms. The van der Waals surface area contributed by atoms with Gasteiger partial charge in [-0.3, -0.25) is 0 Å². The lowest BCUT2D eigenvalue weighted by atomic mass is 9.63. The standard InChI is InChI=1S/C22H25ClF2/c1-2-13-3-4-15-10-16(6-5-14(15)9-13)17-7-8-19-18(11-17)12-20(24)21(23)22(19)25/h7-8,11-16H,2-6,9-10H2,1H3. The molecule has 2 aromatic rings. The molecule has 3 heteroatoms. The molecule has 134 valence electrons. The van der Waals surface area contributed by atoms with Crippen LogP contribution in [0.15, 0.2) is 24.3 Å². The van der Waals surface area contributed by atoms with Crippen molar-refractivity contribution in [3.05, 3.63) is 46.5 Å². The largest absolute Gasteiger partial charge is 0.205 e. The Morgan fingerprint density at radius 1 is 1.00 bits per heavy atom. The Hall–Kier alpha value is -1.15. The predicted octanol–water partition coefficient (Wildman–Crippen LogP) is 7.48. The van der Waals surface area contributed by atoms with Gasteiger partial charge in [-0.05, 0) is 72.8 Å². The van der Waals surface area contributed by atoms with Crippen molar-refractivity contribution in [2.45, 2.75) is 57.8 Å². The van der Waals surface area contributed by atoms with Crippen LogP contribution in [0.4, 0.5) is 8.78 Å². The fraction of sp³-hybridized carbons (Fsp3) is 0.545. The highest BCUT2D eigenvalue weighted by Crippen LogP contribution is 2.48. The molecule has 0 heterocycles. The van der Waals surface area contributed by atoms with E-state index in [1.54, 1.807) is 6.07 Å². The molecule has 0 radical (unpaired) electrons. The van der Waals surface area contributed by atoms with Crippen LogP contribution in [0.25, 0.3) is 10.8 Å². The Bertz CT molecular complexity index is 785. The number of hydrogen-bond acceptors (Lipinski definition) is 0. The molecular formula is C22H25ClF2. The molecule has 4 rings (SSSR count). The lowest BCUT2D eigenvalue weighted by Gasteiger charge is -2.42. The van der Waals surface area contributed by atoms with Crippen LogP contribution < -0.4 is 0 Å². The van der Waals surface area contributed by atoms with Gasteiger partial charge >= 0.3 is 0 Å². The minimum absolute atomic E-state index is 0.409. The third-order valence-electron chi connectivity index (χ3n) is 6.77. The SMILES string of the molecule is CCC1CCC2CC(c3ccc4c(F)c(Cl)c(F)cc4c3)CCC2C1. The molecule has 4 atom stereocenters. The highest BCUT2D eigenvalue weighted by atomic mass is 35.5. The lowest BCUT2D eigenvalue weighted by molar-refractivity contribution is 0.116. The van der Waals surface area contributed by atoms with E-state index < -0.39 is 16.7 Å². The first-order chi connectivity index (χ1) is 12.1. The van der Waals surface area contributed by atoms with Gasteiger partial charge in [-0.2, -0.15) is 0 Å². The van der Waals surface area contributed by atoms with Gasteiger partial charge in [0.05, 0.1) is 0 Å². The third-order valence-corrected chi connectivity index (χ3v) is 7.11. The van der Waals surface area contributed by atoms with Gasteiger partial charge in [0.1, 0.15) is 10.8 Å². The van der Waals surface area contributed by atoms with Crippen LogP contribution in [0.3, 0.4) is 0 Å². The maximum absolute atomic E-state index is 14.2. The van der Waals surface area contributed by atoms with E-state index in [1.807, 2.05) is 12.1 Å². The summed E-state index contributed by atoms with van der Waals surface area (Å²) in [6, 6.07) is 7.12. The zero-order valence-corrected chi connectivity index (χ0v) is 15.5. The van der Waals surface area contributed by atoms with E-state index in [4.69, 9.17) is 11.6 Å². The molecule has 2 aliphatic rings. The average Bonchev–Trinajstić information content (AvgIpc) is 2.65. The average molecular weight is 363 g/mol. The second-order valence-electron chi connectivity index (χ2n) is 8.08. The molecule has 0 N–H and O–H groups in total. The van der Waals surface area contributed by atoms with Crippen molar-refractivity contribution in [1.82, 2.24) is 0 Å². The third kappa shape index (κ3) is 3.18. The second-order valence-corrected chi connectivity index (χ2v) is 8.46. The van der Waals surface area contributed by atoms with Crippen molar-refractivity contribution in [3.63, 3.8) is 0 Å². The highest BCUT2D eigenvalue weighted by molar-refractivity contribution is 6.31. The Balaban J connectivity index is 1.58. The Kier molecular flexibility index (Phi) is 4.75. The monoisotopic (exact) mass is 362 g/mol. The van der Waals surface area contributed by atoms with Crippen molar-refractivity contribution >= 4 is 22.4 Å². The number of rotatable bonds is 2. The molecular weight excluding hydrogens is 338 g/mol. The molecule has 0 saturated heterocycles. The van der Waals surface area contributed by atoms with Gasteiger partial charge in [0, 0.05) is 5.39 Å². The normalized spacial score (nSPS) is 29.6. The number of halogens is 3. The van der Waals surface area contributed by atoms with Crippen molar-refractivity contribution in [2.75, 3.05) is 0 Å². The molecule has 25 heavy (non-hydrogen) atoms. The predicted molar refractivity (Wildman–Crippen MR) is 100 cm³/mol. The van der Waals surface area contributed by atoms with Crippen molar-refractivity contribution in [1.29, 1.82) is 0 Å². The summed E-state index contributed by atoms with van der Waals surface area (Å²) in [6.07, 6.45) is 9.17. The quantitative estimate of drug-likeness (QED) is 0.485. The molecule has 0 bridgehead atoms. The van der Waals surface area contributed by atoms with Crippen LogP contribution in [0, 0.1) is 29.4 Å². The zero-order valence-electron chi connectivity index (χ0n) is 14.7. The van der Waals surface area contributed by atoms with Crippen LogP contribution in [0.1, 0.15) is 63.4 Å². The van der Waals surface area contributed by atoms with Gasteiger partial charge in [0.25, 0.3) is 0 Å². The summed E-state index contributed by atoms with van der Waals surface area (Å²) in [5.41, 5.74) is 1.23. The van der Waals surface area contributed by atoms with Crippen LogP contribution >= 0.6 is 11.6 Å². The van der Waals surface area contributed by atoms with Crippen molar-refractivity contribution in [3.8, 4) is 0 Å². The van der Waals surface area contributed by atoms with Gasteiger partial charge in [0.2, 0.25) is 0 Å². The maximum Gasteiger partial charge on any atom is 0.152 e. The molecule has 2 aliphatic carbocycles. The fourth-order valence-electron chi connectivity index (χ4n) is 5.24. The summed E-state index contributed by atoms with van der Waals surface area (Å²) in [7, 11) is 0. The van der Waals surface area contributed by atoms with Crippen LogP contribution in [-0.2, 0) is 0 Å². The molecule has 2 fully saturated rings. The van der Waals surface area contributed by atoms with Crippen LogP contribution in [-0.4, -0.2) is 0 Å². The first-order valence-corrected chi connectivity index (χ1v) is 10.0. The zero-order chi connectivity index (χ0) is 17.6. The Morgan fingerprint density at radius 2 is 1.76 bits per heavy atom. The van der Waals surface area contributed by atoms with E-state index in [2.05, 4.69) is 6.92 Å². The molecule has 2 saturated carbocycles. The van der Waals surface area contributed by atoms with E-state index >= 15 is 0 Å². The van der Waals surface area contributed by atoms with E-state index in [1.165, 1.54) is 56.6 Å². The summed E-state index contributed by atoms with van der Waals surface area (Å²) in [5.74, 6) is 1.84. The first-order valence-electron chi connectivity index (χ1n) is 9.64. The van der Waals surface area contributed by atoms with Gasteiger partial charge in [-0.15, -0.1) is 0 Å². The van der Waals surface area contributed by atoms with Crippen molar-refractivity contribution < 1.29 is 8.78 Å². The van der Waals surface area contributed by atoms with E-state index in [0.717, 1.165) is 17.8 Å². The van der Waals surface area contributed by atoms with E-state index in [9.17, 15) is 8.78 Å². The van der Waals surface area contributed by atoms with E-state index in [-0.39, 0.29) is 0 Å². The summed E-state index contributed by atoms with van der Waals surface area (Å²) in [6.45, 7) is 2.32. The van der Waals surface area contributed by atoms with Gasteiger partial charge in [0.15, 0.2) is 5.82 Å². The lowest BCUT2D eigenvalue weighted by Crippen LogP contribution is -2.30. The molecule has 0 amide bonds. The smallest absolute Gasteiger partial charge is 0.152 e. The molecule has 2 aromatic carbocycles. The first kappa shape index (κ1) is 17.3. The number of benzene rings is 2. The van der Waals surface area contributed by atoms with Gasteiger partial charge in [-0.25, -0.2) is 8.78 Å². The minimum Gasteiger partial charge on any atom is -0.205 e. The summed E-state index contributed by atoms with van der Waals surface area (Å²) in [4.78, 5) is 0. The summed E-state index contributed by atoms with van der Waals surface area (Å²) < 4.78 is 28.0. The second kappa shape index (κ2) is 6.87. The minimum atomic E-state index is -0.676. The highest BCUT2D eigenvalue weighted by Gasteiger charge is 2.35. The topological polar surface area (TPSA) is 0 Å². The maximum atomic E-state index is 14.2. The Labute approximate surface area is 153 Å². The van der Waals surface area contributed by atoms with Gasteiger partial charge in [-0.1, -0.05) is 49.6 Å². The van der Waals surface area contributed by atoms with Crippen LogP contribution in [0.5, 0.6) is 0 Å². The number of hydrogen-bond donors (Lipinski definition) is 0. The van der Waals surface area contributed by atoms with Crippen LogP contribution in [0.2, 0.25) is 5.02 Å². The fourth-order valence-corrected chi connectivity index (χ4v) is 5.39. The molecule has 0 aliphatic heterocycles. The number of fused-ring (bicyclic) bond motifs is 2. The molecule has 0 aromatic heterocycles. The summed E-state index contributed by atoms with van der Waals surface area (Å²) in [5, 5.41) is 0.620.